The van der Waals surface area contributed by atoms with Crippen LogP contribution in [0.25, 0.3) is 11.3 Å². The average Bonchev–Trinajstić information content (AvgIpc) is 3.20. The summed E-state index contributed by atoms with van der Waals surface area (Å²) in [6.07, 6.45) is 0. The van der Waals surface area contributed by atoms with Crippen LogP contribution in [0.2, 0.25) is 5.02 Å². The lowest BCUT2D eigenvalue weighted by Gasteiger charge is -2.11. The summed E-state index contributed by atoms with van der Waals surface area (Å²) in [6.45, 7) is 1.62. The number of anilines is 1. The Morgan fingerprint density at radius 1 is 1.10 bits per heavy atom. The number of carbonyl (C=O) groups is 1. The van der Waals surface area contributed by atoms with Gasteiger partial charge in [-0.2, -0.15) is 0 Å². The number of nitro groups is 2. The van der Waals surface area contributed by atoms with Crippen LogP contribution in [0.3, 0.4) is 0 Å². The van der Waals surface area contributed by atoms with E-state index in [9.17, 15) is 25.0 Å². The first-order valence-corrected chi connectivity index (χ1v) is 9.36. The normalized spacial score (nSPS) is 10.4. The Labute approximate surface area is 185 Å². The van der Waals surface area contributed by atoms with Gasteiger partial charge in [0.05, 0.1) is 9.85 Å². The molecule has 12 heteroatoms. The first-order valence-electron chi connectivity index (χ1n) is 8.57. The number of hydrogen-bond donors (Lipinski definition) is 2. The maximum Gasteiger partial charge on any atom is 0.293 e. The second-order valence-corrected chi connectivity index (χ2v) is 7.07. The smallest absolute Gasteiger partial charge is 0.293 e. The van der Waals surface area contributed by atoms with Crippen LogP contribution < -0.4 is 10.6 Å². The number of halogens is 1. The lowest BCUT2D eigenvalue weighted by atomic mass is 10.1. The summed E-state index contributed by atoms with van der Waals surface area (Å²) >= 11 is 11.0. The fraction of sp³-hybridized carbons (Fsp3) is 0.0526. The Hall–Kier alpha value is -3.83. The topological polar surface area (TPSA) is 141 Å². The summed E-state index contributed by atoms with van der Waals surface area (Å²) < 4.78 is 5.48. The molecule has 10 nitrogen and oxygen atoms in total. The molecule has 2 aromatic carbocycles. The van der Waals surface area contributed by atoms with Crippen LogP contribution in [-0.4, -0.2) is 20.9 Å². The number of hydrogen-bond acceptors (Lipinski definition) is 7. The van der Waals surface area contributed by atoms with Crippen LogP contribution >= 0.6 is 23.8 Å². The predicted octanol–water partition coefficient (Wildman–Crippen LogP) is 4.85. The Kier molecular flexibility index (Phi) is 6.28. The number of rotatable bonds is 5. The first-order chi connectivity index (χ1) is 14.7. The van der Waals surface area contributed by atoms with Crippen LogP contribution in [0, 0.1) is 27.2 Å². The van der Waals surface area contributed by atoms with Gasteiger partial charge in [0.25, 0.3) is 17.3 Å². The van der Waals surface area contributed by atoms with Crippen molar-refractivity contribution in [3.05, 3.63) is 85.1 Å². The zero-order chi connectivity index (χ0) is 22.7. The lowest BCUT2D eigenvalue weighted by Crippen LogP contribution is -2.34. The monoisotopic (exact) mass is 460 g/mol. The molecule has 0 saturated carbocycles. The fourth-order valence-corrected chi connectivity index (χ4v) is 3.08. The number of thiocarbonyl (C=S) groups is 1. The summed E-state index contributed by atoms with van der Waals surface area (Å²) in [5.74, 6) is -0.449. The number of nitrogens with zero attached hydrogens (tertiary/aromatic N) is 2. The van der Waals surface area contributed by atoms with Crippen LogP contribution in [-0.2, 0) is 0 Å². The Morgan fingerprint density at radius 3 is 2.52 bits per heavy atom. The molecule has 1 heterocycles. The third kappa shape index (κ3) is 5.02. The lowest BCUT2D eigenvalue weighted by molar-refractivity contribution is -0.384. The van der Waals surface area contributed by atoms with Gasteiger partial charge in [0.2, 0.25) is 0 Å². The highest BCUT2D eigenvalue weighted by atomic mass is 35.5. The molecule has 3 aromatic rings. The van der Waals surface area contributed by atoms with Crippen molar-refractivity contribution in [2.45, 2.75) is 6.92 Å². The average molecular weight is 461 g/mol. The van der Waals surface area contributed by atoms with E-state index in [1.807, 2.05) is 0 Å². The largest absolute Gasteiger partial charge is 0.451 e. The third-order valence-corrected chi connectivity index (χ3v) is 4.64. The zero-order valence-electron chi connectivity index (χ0n) is 15.7. The molecule has 158 valence electrons. The highest BCUT2D eigenvalue weighted by molar-refractivity contribution is 7.80. The van der Waals surface area contributed by atoms with E-state index in [0.717, 1.165) is 0 Å². The van der Waals surface area contributed by atoms with Crippen molar-refractivity contribution >= 4 is 51.9 Å². The van der Waals surface area contributed by atoms with Gasteiger partial charge in [-0.3, -0.25) is 30.3 Å². The van der Waals surface area contributed by atoms with Gasteiger partial charge in [0.1, 0.15) is 10.8 Å². The minimum atomic E-state index is -0.653. The molecule has 0 radical (unpaired) electrons. The summed E-state index contributed by atoms with van der Waals surface area (Å²) in [7, 11) is 0. The number of amides is 1. The molecule has 0 spiro atoms. The molecule has 0 atom stereocenters. The highest BCUT2D eigenvalue weighted by Crippen LogP contribution is 2.30. The molecule has 31 heavy (non-hydrogen) atoms. The van der Waals surface area contributed by atoms with E-state index in [2.05, 4.69) is 10.6 Å². The molecule has 0 bridgehead atoms. The number of aryl methyl sites for hydroxylation is 1. The second-order valence-electron chi connectivity index (χ2n) is 6.26. The summed E-state index contributed by atoms with van der Waals surface area (Å²) in [5, 5.41) is 26.9. The van der Waals surface area contributed by atoms with Crippen molar-refractivity contribution in [3.63, 3.8) is 0 Å². The van der Waals surface area contributed by atoms with E-state index in [1.165, 1.54) is 42.5 Å². The maximum absolute atomic E-state index is 12.4. The molecular weight excluding hydrogens is 448 g/mol. The van der Waals surface area contributed by atoms with Crippen molar-refractivity contribution < 1.29 is 19.1 Å². The van der Waals surface area contributed by atoms with Crippen molar-refractivity contribution in [2.24, 2.45) is 0 Å². The number of nitrogens with one attached hydrogen (secondary N) is 2. The van der Waals surface area contributed by atoms with Crippen LogP contribution in [0.4, 0.5) is 17.1 Å². The fourth-order valence-electron chi connectivity index (χ4n) is 2.65. The van der Waals surface area contributed by atoms with Gasteiger partial charge >= 0.3 is 0 Å². The van der Waals surface area contributed by atoms with Gasteiger partial charge in [-0.05, 0) is 42.9 Å². The molecule has 1 amide bonds. The molecule has 0 saturated heterocycles. The van der Waals surface area contributed by atoms with E-state index >= 15 is 0 Å². The molecule has 2 N–H and O–H groups in total. The van der Waals surface area contributed by atoms with Gasteiger partial charge in [0.15, 0.2) is 10.9 Å². The van der Waals surface area contributed by atoms with Crippen molar-refractivity contribution in [3.8, 4) is 11.3 Å². The Morgan fingerprint density at radius 2 is 1.84 bits per heavy atom. The van der Waals surface area contributed by atoms with E-state index in [0.29, 0.717) is 16.8 Å². The number of benzene rings is 2. The summed E-state index contributed by atoms with van der Waals surface area (Å²) in [6, 6.07) is 11.3. The Bertz CT molecular complexity index is 1230. The molecule has 0 unspecified atom stereocenters. The highest BCUT2D eigenvalue weighted by Gasteiger charge is 2.18. The van der Waals surface area contributed by atoms with E-state index < -0.39 is 15.8 Å². The molecule has 3 rings (SSSR count). The summed E-state index contributed by atoms with van der Waals surface area (Å²) in [5.41, 5.74) is 0.965. The molecule has 0 aliphatic rings. The third-order valence-electron chi connectivity index (χ3n) is 4.14. The minimum absolute atomic E-state index is 0.0656. The number of carbonyl (C=O) groups excluding carboxylic acids is 1. The molecule has 0 aliphatic carbocycles. The van der Waals surface area contributed by atoms with Gasteiger partial charge in [0, 0.05) is 29.4 Å². The van der Waals surface area contributed by atoms with Gasteiger partial charge in [-0.15, -0.1) is 0 Å². The maximum atomic E-state index is 12.4. The molecule has 0 fully saturated rings. The van der Waals surface area contributed by atoms with Gasteiger partial charge in [-0.25, -0.2) is 0 Å². The summed E-state index contributed by atoms with van der Waals surface area (Å²) in [4.78, 5) is 33.1. The van der Waals surface area contributed by atoms with Crippen LogP contribution in [0.5, 0.6) is 0 Å². The van der Waals surface area contributed by atoms with Crippen LogP contribution in [0.15, 0.2) is 52.9 Å². The van der Waals surface area contributed by atoms with Crippen molar-refractivity contribution in [1.82, 2.24) is 5.32 Å². The first kappa shape index (κ1) is 21.9. The number of non-ortho nitro benzene ring substituents is 1. The molecule has 1 aromatic heterocycles. The van der Waals surface area contributed by atoms with Crippen molar-refractivity contribution in [1.29, 1.82) is 0 Å². The zero-order valence-corrected chi connectivity index (χ0v) is 17.3. The standard InChI is InChI=1S/C19H13ClN4O6S/c1-10-7-15(24(28)29)13(20)9-14(10)21-19(31)22-18(25)17-6-5-16(30-17)11-3-2-4-12(8-11)23(26)27/h2-9H,1H3,(H2,21,22,25,31). The molecular formula is C19H13ClN4O6S. The Balaban J connectivity index is 1.71. The van der Waals surface area contributed by atoms with E-state index in [1.54, 1.807) is 13.0 Å². The SMILES string of the molecule is Cc1cc([N+](=O)[O-])c(Cl)cc1NC(=S)NC(=O)c1ccc(-c2cccc([N+](=O)[O-])c2)o1. The quantitative estimate of drug-likeness (QED) is 0.312. The number of furan rings is 1. The van der Waals surface area contributed by atoms with Gasteiger partial charge < -0.3 is 9.73 Å². The van der Waals surface area contributed by atoms with Crippen molar-refractivity contribution in [2.75, 3.05) is 5.32 Å². The van der Waals surface area contributed by atoms with Gasteiger partial charge in [-0.1, -0.05) is 23.7 Å². The van der Waals surface area contributed by atoms with Crippen LogP contribution in [0.1, 0.15) is 16.1 Å². The predicted molar refractivity (Wildman–Crippen MR) is 117 cm³/mol. The molecule has 0 aliphatic heterocycles. The van der Waals surface area contributed by atoms with E-state index in [4.69, 9.17) is 28.2 Å². The second kappa shape index (κ2) is 8.90. The van der Waals surface area contributed by atoms with E-state index in [-0.39, 0.29) is 33.0 Å². The number of nitro benzene ring substituents is 2. The minimum Gasteiger partial charge on any atom is -0.451 e.